The molecule has 0 atom stereocenters. The van der Waals surface area contributed by atoms with Crippen LogP contribution in [0.5, 0.6) is 5.75 Å². The Bertz CT molecular complexity index is 703. The summed E-state index contributed by atoms with van der Waals surface area (Å²) in [5, 5.41) is 1.22. The maximum absolute atomic E-state index is 5.44. The summed E-state index contributed by atoms with van der Waals surface area (Å²) in [7, 11) is 1.71. The van der Waals surface area contributed by atoms with E-state index >= 15 is 0 Å². The lowest BCUT2D eigenvalue weighted by Crippen LogP contribution is -1.89. The van der Waals surface area contributed by atoms with Gasteiger partial charge in [-0.15, -0.1) is 0 Å². The second kappa shape index (κ2) is 6.29. The molecule has 1 aromatic heterocycles. The molecule has 0 radical (unpaired) electrons. The molecule has 3 rings (SSSR count). The SMILES string of the molecule is CC.COc1ccccc1-c1cc2cc[nH]c2cc1C.[HH]. The number of nitrogens with one attached hydrogen (secondary N) is 1. The minimum atomic E-state index is 0. The van der Waals surface area contributed by atoms with Gasteiger partial charge in [0, 0.05) is 18.7 Å². The van der Waals surface area contributed by atoms with Gasteiger partial charge in [-0.2, -0.15) is 0 Å². The Morgan fingerprint density at radius 1 is 1.00 bits per heavy atom. The summed E-state index contributed by atoms with van der Waals surface area (Å²) in [5.41, 5.74) is 4.78. The van der Waals surface area contributed by atoms with Gasteiger partial charge in [0.1, 0.15) is 5.75 Å². The van der Waals surface area contributed by atoms with Crippen LogP contribution in [0.2, 0.25) is 0 Å². The van der Waals surface area contributed by atoms with Gasteiger partial charge >= 0.3 is 0 Å². The maximum atomic E-state index is 5.44. The summed E-state index contributed by atoms with van der Waals surface area (Å²) in [4.78, 5) is 3.24. The molecule has 0 saturated carbocycles. The first-order chi connectivity index (χ1) is 9.79. The second-order valence-corrected chi connectivity index (χ2v) is 4.43. The third-order valence-electron chi connectivity index (χ3n) is 3.30. The van der Waals surface area contributed by atoms with Crippen molar-refractivity contribution in [2.24, 2.45) is 0 Å². The van der Waals surface area contributed by atoms with Crippen molar-refractivity contribution in [1.29, 1.82) is 0 Å². The van der Waals surface area contributed by atoms with Crippen molar-refractivity contribution in [1.82, 2.24) is 4.98 Å². The molecule has 0 saturated heterocycles. The van der Waals surface area contributed by atoms with Gasteiger partial charge < -0.3 is 9.72 Å². The molecule has 0 fully saturated rings. The topological polar surface area (TPSA) is 25.0 Å². The summed E-state index contributed by atoms with van der Waals surface area (Å²) < 4.78 is 5.44. The third kappa shape index (κ3) is 2.55. The molecule has 2 nitrogen and oxygen atoms in total. The van der Waals surface area contributed by atoms with E-state index in [1.165, 1.54) is 22.0 Å². The molecule has 106 valence electrons. The van der Waals surface area contributed by atoms with Gasteiger partial charge in [0.2, 0.25) is 0 Å². The van der Waals surface area contributed by atoms with Gasteiger partial charge in [0.15, 0.2) is 0 Å². The van der Waals surface area contributed by atoms with E-state index in [0.717, 1.165) is 11.3 Å². The van der Waals surface area contributed by atoms with Crippen molar-refractivity contribution in [2.75, 3.05) is 7.11 Å². The predicted octanol–water partition coefficient (Wildman–Crippen LogP) is 5.42. The number of methoxy groups -OCH3 is 1. The number of rotatable bonds is 2. The minimum absolute atomic E-state index is 0. The van der Waals surface area contributed by atoms with Crippen LogP contribution >= 0.6 is 0 Å². The van der Waals surface area contributed by atoms with E-state index in [2.05, 4.69) is 36.2 Å². The van der Waals surface area contributed by atoms with Gasteiger partial charge in [-0.25, -0.2) is 0 Å². The van der Waals surface area contributed by atoms with Crippen molar-refractivity contribution in [3.63, 3.8) is 0 Å². The number of para-hydroxylation sites is 1. The molecule has 0 aliphatic rings. The Morgan fingerprint density at radius 2 is 1.75 bits per heavy atom. The van der Waals surface area contributed by atoms with E-state index in [0.29, 0.717) is 0 Å². The Kier molecular flexibility index (Phi) is 4.46. The lowest BCUT2D eigenvalue weighted by Gasteiger charge is -2.11. The van der Waals surface area contributed by atoms with Gasteiger partial charge in [-0.1, -0.05) is 32.0 Å². The number of benzene rings is 2. The van der Waals surface area contributed by atoms with Crippen LogP contribution in [0, 0.1) is 6.92 Å². The number of hydrogen-bond donors (Lipinski definition) is 1. The zero-order chi connectivity index (χ0) is 14.5. The molecule has 0 aliphatic heterocycles. The van der Waals surface area contributed by atoms with Crippen LogP contribution in [0.4, 0.5) is 0 Å². The first-order valence-corrected chi connectivity index (χ1v) is 7.01. The van der Waals surface area contributed by atoms with Crippen molar-refractivity contribution >= 4 is 10.9 Å². The average Bonchev–Trinajstić information content (AvgIpc) is 2.95. The molecule has 0 aliphatic carbocycles. The quantitative estimate of drug-likeness (QED) is 0.659. The van der Waals surface area contributed by atoms with Gasteiger partial charge in [0.05, 0.1) is 7.11 Å². The van der Waals surface area contributed by atoms with E-state index in [-0.39, 0.29) is 1.43 Å². The molecule has 2 heteroatoms. The van der Waals surface area contributed by atoms with Crippen LogP contribution in [-0.2, 0) is 0 Å². The maximum Gasteiger partial charge on any atom is 0.126 e. The van der Waals surface area contributed by atoms with Gasteiger partial charge in [0.25, 0.3) is 0 Å². The van der Waals surface area contributed by atoms with E-state index in [4.69, 9.17) is 4.74 Å². The highest BCUT2D eigenvalue weighted by molar-refractivity contribution is 5.88. The highest BCUT2D eigenvalue weighted by Gasteiger charge is 2.09. The Hall–Kier alpha value is -2.22. The number of aryl methyl sites for hydroxylation is 1. The fourth-order valence-electron chi connectivity index (χ4n) is 2.37. The Labute approximate surface area is 121 Å². The second-order valence-electron chi connectivity index (χ2n) is 4.43. The van der Waals surface area contributed by atoms with E-state index in [1.54, 1.807) is 7.11 Å². The lowest BCUT2D eigenvalue weighted by molar-refractivity contribution is 0.416. The number of aromatic nitrogens is 1. The summed E-state index contributed by atoms with van der Waals surface area (Å²) in [5.74, 6) is 0.912. The summed E-state index contributed by atoms with van der Waals surface area (Å²) in [6.45, 7) is 6.13. The zero-order valence-electron chi connectivity index (χ0n) is 12.5. The van der Waals surface area contributed by atoms with Crippen molar-refractivity contribution < 1.29 is 6.16 Å². The van der Waals surface area contributed by atoms with Crippen LogP contribution in [0.15, 0.2) is 48.7 Å². The largest absolute Gasteiger partial charge is 0.496 e. The van der Waals surface area contributed by atoms with Crippen LogP contribution in [0.25, 0.3) is 22.0 Å². The first kappa shape index (κ1) is 14.2. The highest BCUT2D eigenvalue weighted by Crippen LogP contribution is 2.34. The number of fused-ring (bicyclic) bond motifs is 1. The molecule has 1 N–H and O–H groups in total. The Morgan fingerprint density at radius 3 is 2.50 bits per heavy atom. The van der Waals surface area contributed by atoms with Crippen molar-refractivity contribution in [3.05, 3.63) is 54.2 Å². The van der Waals surface area contributed by atoms with E-state index in [1.807, 2.05) is 38.2 Å². The highest BCUT2D eigenvalue weighted by atomic mass is 16.5. The van der Waals surface area contributed by atoms with Crippen LogP contribution < -0.4 is 4.74 Å². The number of H-pyrrole nitrogens is 1. The van der Waals surface area contributed by atoms with Crippen LogP contribution in [-0.4, -0.2) is 12.1 Å². The normalized spacial score (nSPS) is 10.0. The molecule has 0 bridgehead atoms. The third-order valence-corrected chi connectivity index (χ3v) is 3.30. The molecule has 0 unspecified atom stereocenters. The molecule has 20 heavy (non-hydrogen) atoms. The first-order valence-electron chi connectivity index (χ1n) is 7.01. The van der Waals surface area contributed by atoms with E-state index < -0.39 is 0 Å². The van der Waals surface area contributed by atoms with E-state index in [9.17, 15) is 0 Å². The molecular formula is C18H23NO. The molecule has 3 aromatic rings. The fourth-order valence-corrected chi connectivity index (χ4v) is 2.37. The number of aromatic amines is 1. The predicted molar refractivity (Wildman–Crippen MR) is 88.5 cm³/mol. The standard InChI is InChI=1S/C16H15NO.C2H6.H2/c1-11-9-15-12(7-8-17-15)10-14(11)13-5-3-4-6-16(13)18-2;1-2;/h3-10,17H,1-2H3;1-2H3;1H. The summed E-state index contributed by atoms with van der Waals surface area (Å²) in [6, 6.07) is 14.6. The van der Waals surface area contributed by atoms with Gasteiger partial charge in [-0.3, -0.25) is 0 Å². The molecule has 0 amide bonds. The smallest absolute Gasteiger partial charge is 0.126 e. The Balaban J connectivity index is 0.000000706. The van der Waals surface area contributed by atoms with Crippen LogP contribution in [0.3, 0.4) is 0 Å². The minimum Gasteiger partial charge on any atom is -0.496 e. The fraction of sp³-hybridized carbons (Fsp3) is 0.222. The van der Waals surface area contributed by atoms with Crippen molar-refractivity contribution in [2.45, 2.75) is 20.8 Å². The van der Waals surface area contributed by atoms with Crippen molar-refractivity contribution in [3.8, 4) is 16.9 Å². The van der Waals surface area contributed by atoms with Crippen LogP contribution in [0.1, 0.15) is 20.8 Å². The zero-order valence-corrected chi connectivity index (χ0v) is 12.5. The molecule has 2 aromatic carbocycles. The number of hydrogen-bond acceptors (Lipinski definition) is 1. The molecule has 0 spiro atoms. The monoisotopic (exact) mass is 269 g/mol. The average molecular weight is 269 g/mol. The lowest BCUT2D eigenvalue weighted by atomic mass is 9.98. The van der Waals surface area contributed by atoms with Gasteiger partial charge in [-0.05, 0) is 47.7 Å². The summed E-state index contributed by atoms with van der Waals surface area (Å²) in [6.07, 6.45) is 1.97. The molecule has 1 heterocycles. The summed E-state index contributed by atoms with van der Waals surface area (Å²) >= 11 is 0. The molecular weight excluding hydrogens is 246 g/mol. The number of ether oxygens (including phenoxy) is 1.